The van der Waals surface area contributed by atoms with Gasteiger partial charge in [0.2, 0.25) is 5.91 Å². The van der Waals surface area contributed by atoms with Crippen LogP contribution in [0.25, 0.3) is 0 Å². The predicted octanol–water partition coefficient (Wildman–Crippen LogP) is 2.47. The van der Waals surface area contributed by atoms with E-state index in [-0.39, 0.29) is 11.3 Å². The maximum atomic E-state index is 11.6. The summed E-state index contributed by atoms with van der Waals surface area (Å²) in [6, 6.07) is 7.73. The van der Waals surface area contributed by atoms with Gasteiger partial charge in [0, 0.05) is 23.4 Å². The third kappa shape index (κ3) is 4.31. The van der Waals surface area contributed by atoms with Crippen LogP contribution in [-0.4, -0.2) is 19.0 Å². The van der Waals surface area contributed by atoms with E-state index < -0.39 is 0 Å². The number of halogens is 1. The average Bonchev–Trinajstić information content (AvgIpc) is 2.34. The molecular weight excluding hydrogens is 248 g/mol. The molecule has 1 aromatic rings. The summed E-state index contributed by atoms with van der Waals surface area (Å²) in [7, 11) is 0. The molecule has 1 aromatic carbocycles. The first-order chi connectivity index (χ1) is 8.47. The summed E-state index contributed by atoms with van der Waals surface area (Å²) in [6.07, 6.45) is 1.20. The van der Waals surface area contributed by atoms with E-state index in [1.165, 1.54) is 0 Å². The van der Waals surface area contributed by atoms with Gasteiger partial charge in [-0.3, -0.25) is 4.79 Å². The van der Waals surface area contributed by atoms with Gasteiger partial charge in [0.1, 0.15) is 0 Å². The third-order valence-corrected chi connectivity index (χ3v) is 3.27. The second-order valence-electron chi connectivity index (χ2n) is 5.03. The minimum absolute atomic E-state index is 0.0422. The highest BCUT2D eigenvalue weighted by molar-refractivity contribution is 6.31. The number of hydrogen-bond donors (Lipinski definition) is 2. The van der Waals surface area contributed by atoms with E-state index in [0.717, 1.165) is 17.0 Å². The predicted molar refractivity (Wildman–Crippen MR) is 75.8 cm³/mol. The quantitative estimate of drug-likeness (QED) is 0.833. The van der Waals surface area contributed by atoms with Crippen LogP contribution >= 0.6 is 11.6 Å². The van der Waals surface area contributed by atoms with Crippen molar-refractivity contribution in [1.29, 1.82) is 0 Å². The van der Waals surface area contributed by atoms with Crippen LogP contribution in [0.5, 0.6) is 0 Å². The Kier molecular flexibility index (Phi) is 5.63. The lowest BCUT2D eigenvalue weighted by atomic mass is 9.84. The van der Waals surface area contributed by atoms with Crippen molar-refractivity contribution in [3.63, 3.8) is 0 Å². The normalized spacial score (nSPS) is 11.3. The third-order valence-electron chi connectivity index (χ3n) is 2.94. The molecule has 100 valence electrons. The lowest BCUT2D eigenvalue weighted by Gasteiger charge is -2.26. The van der Waals surface area contributed by atoms with Gasteiger partial charge in [0.25, 0.3) is 0 Å². The zero-order valence-electron chi connectivity index (χ0n) is 11.0. The first-order valence-electron chi connectivity index (χ1n) is 6.19. The van der Waals surface area contributed by atoms with Crippen molar-refractivity contribution in [2.45, 2.75) is 32.1 Å². The van der Waals surface area contributed by atoms with Crippen molar-refractivity contribution in [2.24, 2.45) is 5.73 Å². The Balaban J connectivity index is 2.60. The van der Waals surface area contributed by atoms with Crippen LogP contribution in [0.2, 0.25) is 5.02 Å². The fourth-order valence-electron chi connectivity index (χ4n) is 1.78. The molecule has 18 heavy (non-hydrogen) atoms. The molecule has 0 aliphatic heterocycles. The first-order valence-corrected chi connectivity index (χ1v) is 6.57. The van der Waals surface area contributed by atoms with E-state index in [1.54, 1.807) is 0 Å². The number of nitrogens with two attached hydrogens (primary N) is 1. The fraction of sp³-hybridized carbons (Fsp3) is 0.500. The highest BCUT2D eigenvalue weighted by Crippen LogP contribution is 2.28. The molecule has 0 heterocycles. The topological polar surface area (TPSA) is 55.1 Å². The van der Waals surface area contributed by atoms with Crippen molar-refractivity contribution >= 4 is 17.5 Å². The molecule has 0 saturated heterocycles. The van der Waals surface area contributed by atoms with E-state index in [2.05, 4.69) is 19.2 Å². The molecule has 0 aliphatic carbocycles. The molecule has 0 radical (unpaired) electrons. The van der Waals surface area contributed by atoms with Gasteiger partial charge >= 0.3 is 0 Å². The lowest BCUT2D eigenvalue weighted by Crippen LogP contribution is -2.36. The molecule has 0 bridgehead atoms. The van der Waals surface area contributed by atoms with Crippen LogP contribution in [0.1, 0.15) is 32.3 Å². The van der Waals surface area contributed by atoms with E-state index >= 15 is 0 Å². The van der Waals surface area contributed by atoms with Gasteiger partial charge in [-0.15, -0.1) is 0 Å². The summed E-state index contributed by atoms with van der Waals surface area (Å²) in [5, 5.41) is 3.67. The van der Waals surface area contributed by atoms with Gasteiger partial charge < -0.3 is 11.1 Å². The van der Waals surface area contributed by atoms with Gasteiger partial charge in [-0.05, 0) is 24.6 Å². The van der Waals surface area contributed by atoms with E-state index in [1.807, 2.05) is 24.3 Å². The number of nitrogens with one attached hydrogen (secondary N) is 1. The SMILES string of the molecule is CC(C)(CNC(=O)CCCN)c1ccccc1Cl. The van der Waals surface area contributed by atoms with Gasteiger partial charge in [0.15, 0.2) is 0 Å². The number of carbonyl (C=O) groups is 1. The van der Waals surface area contributed by atoms with Crippen LogP contribution < -0.4 is 11.1 Å². The van der Waals surface area contributed by atoms with Crippen LogP contribution in [0, 0.1) is 0 Å². The van der Waals surface area contributed by atoms with E-state index in [4.69, 9.17) is 17.3 Å². The molecule has 0 atom stereocenters. The standard InChI is InChI=1S/C14H21ClN2O/c1-14(2,10-17-13(18)8-5-9-16)11-6-3-4-7-12(11)15/h3-4,6-7H,5,8-10,16H2,1-2H3,(H,17,18). The van der Waals surface area contributed by atoms with Crippen molar-refractivity contribution in [2.75, 3.05) is 13.1 Å². The summed E-state index contributed by atoms with van der Waals surface area (Å²) in [6.45, 7) is 5.25. The second kappa shape index (κ2) is 6.76. The Hall–Kier alpha value is -1.06. The molecule has 0 aliphatic rings. The smallest absolute Gasteiger partial charge is 0.220 e. The highest BCUT2D eigenvalue weighted by Gasteiger charge is 2.23. The number of amides is 1. The maximum Gasteiger partial charge on any atom is 0.220 e. The molecular formula is C14H21ClN2O. The zero-order chi connectivity index (χ0) is 13.6. The van der Waals surface area contributed by atoms with Crippen molar-refractivity contribution in [3.05, 3.63) is 34.9 Å². The second-order valence-corrected chi connectivity index (χ2v) is 5.44. The van der Waals surface area contributed by atoms with Gasteiger partial charge in [-0.1, -0.05) is 43.6 Å². The van der Waals surface area contributed by atoms with Gasteiger partial charge in [-0.2, -0.15) is 0 Å². The van der Waals surface area contributed by atoms with Crippen molar-refractivity contribution in [3.8, 4) is 0 Å². The number of rotatable bonds is 6. The molecule has 0 aromatic heterocycles. The lowest BCUT2D eigenvalue weighted by molar-refractivity contribution is -0.121. The largest absolute Gasteiger partial charge is 0.355 e. The minimum Gasteiger partial charge on any atom is -0.355 e. The zero-order valence-corrected chi connectivity index (χ0v) is 11.8. The van der Waals surface area contributed by atoms with Crippen LogP contribution in [0.4, 0.5) is 0 Å². The molecule has 1 amide bonds. The highest BCUT2D eigenvalue weighted by atomic mass is 35.5. The Morgan fingerprint density at radius 1 is 1.39 bits per heavy atom. The van der Waals surface area contributed by atoms with Crippen LogP contribution in [0.15, 0.2) is 24.3 Å². The maximum absolute atomic E-state index is 11.6. The molecule has 0 spiro atoms. The Labute approximate surface area is 114 Å². The summed E-state index contributed by atoms with van der Waals surface area (Å²) >= 11 is 6.18. The van der Waals surface area contributed by atoms with Crippen molar-refractivity contribution < 1.29 is 4.79 Å². The molecule has 3 nitrogen and oxygen atoms in total. The van der Waals surface area contributed by atoms with Gasteiger partial charge in [0.05, 0.1) is 0 Å². The first kappa shape index (κ1) is 15.0. The summed E-state index contributed by atoms with van der Waals surface area (Å²) in [5.41, 5.74) is 6.24. The fourth-order valence-corrected chi connectivity index (χ4v) is 2.17. The van der Waals surface area contributed by atoms with E-state index in [9.17, 15) is 4.79 Å². The van der Waals surface area contributed by atoms with Crippen LogP contribution in [0.3, 0.4) is 0 Å². The number of benzene rings is 1. The minimum atomic E-state index is -0.184. The Morgan fingerprint density at radius 3 is 2.67 bits per heavy atom. The molecule has 0 unspecified atom stereocenters. The number of hydrogen-bond acceptors (Lipinski definition) is 2. The molecule has 0 fully saturated rings. The van der Waals surface area contributed by atoms with E-state index in [0.29, 0.717) is 19.5 Å². The Bertz CT molecular complexity index is 405. The van der Waals surface area contributed by atoms with Crippen molar-refractivity contribution in [1.82, 2.24) is 5.32 Å². The molecule has 3 N–H and O–H groups in total. The Morgan fingerprint density at radius 2 is 2.06 bits per heavy atom. The monoisotopic (exact) mass is 268 g/mol. The molecule has 1 rings (SSSR count). The van der Waals surface area contributed by atoms with Gasteiger partial charge in [-0.25, -0.2) is 0 Å². The average molecular weight is 269 g/mol. The summed E-state index contributed by atoms with van der Waals surface area (Å²) in [4.78, 5) is 11.6. The molecule has 0 saturated carbocycles. The molecule has 4 heteroatoms. The summed E-state index contributed by atoms with van der Waals surface area (Å²) < 4.78 is 0. The number of carbonyl (C=O) groups excluding carboxylic acids is 1. The van der Waals surface area contributed by atoms with Crippen LogP contribution in [-0.2, 0) is 10.2 Å². The summed E-state index contributed by atoms with van der Waals surface area (Å²) in [5.74, 6) is 0.0422.